The van der Waals surface area contributed by atoms with Gasteiger partial charge in [-0.3, -0.25) is 14.3 Å². The molecule has 0 fully saturated rings. The second kappa shape index (κ2) is 8.69. The van der Waals surface area contributed by atoms with Crippen molar-refractivity contribution in [3.63, 3.8) is 0 Å². The van der Waals surface area contributed by atoms with E-state index in [1.54, 1.807) is 44.0 Å². The molecule has 0 saturated heterocycles. The predicted octanol–water partition coefficient (Wildman–Crippen LogP) is 2.20. The lowest BCUT2D eigenvalue weighted by molar-refractivity contribution is -0.139. The zero-order valence-electron chi connectivity index (χ0n) is 17.4. The van der Waals surface area contributed by atoms with Crippen molar-refractivity contribution in [3.05, 3.63) is 90.9 Å². The number of esters is 1. The summed E-state index contributed by atoms with van der Waals surface area (Å²) in [6.45, 7) is 3.74. The molecule has 158 valence electrons. The number of methoxy groups -OCH3 is 1. The van der Waals surface area contributed by atoms with Crippen LogP contribution in [-0.2, 0) is 9.53 Å². The smallest absolute Gasteiger partial charge is 0.338 e. The van der Waals surface area contributed by atoms with Gasteiger partial charge >= 0.3 is 5.97 Å². The molecule has 0 spiro atoms. The standard InChI is InChI=1S/C23H21N3O4S/c1-4-30-22(28)19-14(2)25-23-26(20(19)16-8-5-9-17(12-16)29-3)21(27)18(31-23)11-15-7-6-10-24-13-15/h5-13,20H,4H2,1-3H3/b18-11+/t20-/m1/s1. The highest BCUT2D eigenvalue weighted by Gasteiger charge is 2.33. The first kappa shape index (κ1) is 20.7. The lowest BCUT2D eigenvalue weighted by atomic mass is 9.95. The maximum absolute atomic E-state index is 13.4. The Labute approximate surface area is 182 Å². The number of hydrogen-bond donors (Lipinski definition) is 0. The average Bonchev–Trinajstić information content (AvgIpc) is 3.08. The number of allylic oxidation sites excluding steroid dienone is 1. The number of ether oxygens (including phenoxy) is 2. The van der Waals surface area contributed by atoms with Crippen molar-refractivity contribution >= 4 is 23.4 Å². The maximum atomic E-state index is 13.4. The monoisotopic (exact) mass is 435 g/mol. The molecule has 0 radical (unpaired) electrons. The molecule has 0 unspecified atom stereocenters. The quantitative estimate of drug-likeness (QED) is 0.574. The van der Waals surface area contributed by atoms with Crippen molar-refractivity contribution in [2.45, 2.75) is 19.9 Å². The van der Waals surface area contributed by atoms with Crippen molar-refractivity contribution in [3.8, 4) is 5.75 Å². The fraction of sp³-hybridized carbons (Fsp3) is 0.217. The van der Waals surface area contributed by atoms with Crippen LogP contribution >= 0.6 is 11.3 Å². The molecule has 2 aromatic heterocycles. The van der Waals surface area contributed by atoms with E-state index < -0.39 is 12.0 Å². The van der Waals surface area contributed by atoms with Gasteiger partial charge in [-0.1, -0.05) is 29.5 Å². The Morgan fingerprint density at radius 3 is 2.84 bits per heavy atom. The maximum Gasteiger partial charge on any atom is 0.338 e. The fourth-order valence-electron chi connectivity index (χ4n) is 3.53. The van der Waals surface area contributed by atoms with E-state index >= 15 is 0 Å². The number of aromatic nitrogens is 2. The Balaban J connectivity index is 1.97. The van der Waals surface area contributed by atoms with Crippen LogP contribution in [0.15, 0.2) is 69.8 Å². The van der Waals surface area contributed by atoms with Crippen molar-refractivity contribution in [2.24, 2.45) is 4.99 Å². The zero-order valence-corrected chi connectivity index (χ0v) is 18.2. The first-order valence-electron chi connectivity index (χ1n) is 9.77. The molecule has 1 aliphatic heterocycles. The van der Waals surface area contributed by atoms with E-state index in [9.17, 15) is 9.59 Å². The Bertz CT molecular complexity index is 1340. The molecule has 8 heteroatoms. The van der Waals surface area contributed by atoms with Gasteiger partial charge < -0.3 is 9.47 Å². The highest BCUT2D eigenvalue weighted by molar-refractivity contribution is 7.07. The van der Waals surface area contributed by atoms with Crippen LogP contribution in [0.1, 0.15) is 31.0 Å². The fourth-order valence-corrected chi connectivity index (χ4v) is 4.58. The summed E-state index contributed by atoms with van der Waals surface area (Å²) in [6.07, 6.45) is 5.15. The van der Waals surface area contributed by atoms with E-state index in [0.717, 1.165) is 11.1 Å². The molecule has 0 bridgehead atoms. The van der Waals surface area contributed by atoms with Crippen LogP contribution in [0.25, 0.3) is 6.08 Å². The van der Waals surface area contributed by atoms with Crippen molar-refractivity contribution in [1.29, 1.82) is 0 Å². The van der Waals surface area contributed by atoms with Crippen molar-refractivity contribution in [2.75, 3.05) is 13.7 Å². The van der Waals surface area contributed by atoms with E-state index in [0.29, 0.717) is 26.4 Å². The van der Waals surface area contributed by atoms with Gasteiger partial charge in [-0.05, 0) is 49.2 Å². The molecule has 0 aliphatic carbocycles. The number of thiazole rings is 1. The minimum atomic E-state index is -0.665. The summed E-state index contributed by atoms with van der Waals surface area (Å²) in [4.78, 5) is 35.5. The van der Waals surface area contributed by atoms with Crippen LogP contribution < -0.4 is 19.6 Å². The van der Waals surface area contributed by atoms with Gasteiger partial charge in [-0.15, -0.1) is 0 Å². The Morgan fingerprint density at radius 2 is 2.13 bits per heavy atom. The summed E-state index contributed by atoms with van der Waals surface area (Å²) in [6, 6.07) is 10.4. The van der Waals surface area contributed by atoms with Gasteiger partial charge in [0.05, 0.1) is 35.6 Å². The van der Waals surface area contributed by atoms with E-state index in [-0.39, 0.29) is 12.2 Å². The number of carbonyl (C=O) groups excluding carboxylic acids is 1. The van der Waals surface area contributed by atoms with Crippen LogP contribution in [-0.4, -0.2) is 29.2 Å². The summed E-state index contributed by atoms with van der Waals surface area (Å²) >= 11 is 1.28. The highest BCUT2D eigenvalue weighted by Crippen LogP contribution is 2.32. The van der Waals surface area contributed by atoms with Crippen LogP contribution in [0.3, 0.4) is 0 Å². The summed E-state index contributed by atoms with van der Waals surface area (Å²) in [5, 5.41) is 0. The van der Waals surface area contributed by atoms with Crippen LogP contribution in [0.5, 0.6) is 5.75 Å². The van der Waals surface area contributed by atoms with Gasteiger partial charge in [0.1, 0.15) is 5.75 Å². The second-order valence-electron chi connectivity index (χ2n) is 6.87. The van der Waals surface area contributed by atoms with Gasteiger partial charge in [-0.25, -0.2) is 9.79 Å². The molecular weight excluding hydrogens is 414 g/mol. The molecule has 3 heterocycles. The van der Waals surface area contributed by atoms with Crippen LogP contribution in [0.4, 0.5) is 0 Å². The van der Waals surface area contributed by atoms with Gasteiger partial charge in [0, 0.05) is 12.4 Å². The zero-order chi connectivity index (χ0) is 22.0. The topological polar surface area (TPSA) is 82.8 Å². The number of fused-ring (bicyclic) bond motifs is 1. The van der Waals surface area contributed by atoms with Gasteiger partial charge in [0.15, 0.2) is 4.80 Å². The molecule has 4 rings (SSSR count). The third-order valence-electron chi connectivity index (χ3n) is 4.91. The number of nitrogens with zero attached hydrogens (tertiary/aromatic N) is 3. The van der Waals surface area contributed by atoms with E-state index in [4.69, 9.17) is 9.47 Å². The predicted molar refractivity (Wildman–Crippen MR) is 118 cm³/mol. The largest absolute Gasteiger partial charge is 0.497 e. The van der Waals surface area contributed by atoms with Crippen LogP contribution in [0.2, 0.25) is 0 Å². The Kier molecular flexibility index (Phi) is 5.81. The average molecular weight is 436 g/mol. The normalized spacial score (nSPS) is 16.0. The lowest BCUT2D eigenvalue weighted by Crippen LogP contribution is -2.39. The Hall–Kier alpha value is -3.52. The van der Waals surface area contributed by atoms with Gasteiger partial charge in [0.2, 0.25) is 0 Å². The lowest BCUT2D eigenvalue weighted by Gasteiger charge is -2.25. The minimum absolute atomic E-state index is 0.227. The number of pyridine rings is 1. The summed E-state index contributed by atoms with van der Waals surface area (Å²) in [5.74, 6) is 0.144. The van der Waals surface area contributed by atoms with Gasteiger partial charge in [0.25, 0.3) is 5.56 Å². The molecule has 3 aromatic rings. The van der Waals surface area contributed by atoms with Gasteiger partial charge in [-0.2, -0.15) is 0 Å². The number of benzene rings is 1. The molecule has 31 heavy (non-hydrogen) atoms. The third-order valence-corrected chi connectivity index (χ3v) is 5.89. The van der Waals surface area contributed by atoms with Crippen LogP contribution in [0, 0.1) is 0 Å². The van der Waals surface area contributed by atoms with E-state index in [2.05, 4.69) is 9.98 Å². The number of rotatable bonds is 5. The Morgan fingerprint density at radius 1 is 1.29 bits per heavy atom. The van der Waals surface area contributed by atoms with Crippen molar-refractivity contribution in [1.82, 2.24) is 9.55 Å². The molecule has 1 atom stereocenters. The molecular formula is C23H21N3O4S. The van der Waals surface area contributed by atoms with E-state index in [1.807, 2.05) is 36.4 Å². The van der Waals surface area contributed by atoms with E-state index in [1.165, 1.54) is 11.3 Å². The minimum Gasteiger partial charge on any atom is -0.497 e. The molecule has 0 N–H and O–H groups in total. The second-order valence-corrected chi connectivity index (χ2v) is 7.87. The molecule has 1 aliphatic rings. The molecule has 7 nitrogen and oxygen atoms in total. The number of carbonyl (C=O) groups is 1. The first-order valence-corrected chi connectivity index (χ1v) is 10.6. The SMILES string of the molecule is CCOC(=O)C1=C(C)N=c2s/c(=C/c3cccnc3)c(=O)n2[C@@H]1c1cccc(OC)c1. The molecule has 0 saturated carbocycles. The molecule has 0 amide bonds. The highest BCUT2D eigenvalue weighted by atomic mass is 32.1. The first-order chi connectivity index (χ1) is 15.0. The summed E-state index contributed by atoms with van der Waals surface area (Å²) in [5.41, 5.74) is 2.20. The van der Waals surface area contributed by atoms with Crippen molar-refractivity contribution < 1.29 is 14.3 Å². The third kappa shape index (κ3) is 3.94. The summed E-state index contributed by atoms with van der Waals surface area (Å²) in [7, 11) is 1.58. The number of hydrogen-bond acceptors (Lipinski definition) is 7. The summed E-state index contributed by atoms with van der Waals surface area (Å²) < 4.78 is 12.7. The molecule has 1 aromatic carbocycles.